The second-order valence-corrected chi connectivity index (χ2v) is 7.62. The Bertz CT molecular complexity index is 990. The number of urea groups is 1. The smallest absolute Gasteiger partial charge is 0.329 e. The molecule has 0 spiro atoms. The van der Waals surface area contributed by atoms with E-state index in [1.807, 2.05) is 18.5 Å². The molecule has 1 aliphatic carbocycles. The number of aromatic nitrogens is 1. The van der Waals surface area contributed by atoms with Gasteiger partial charge in [-0.25, -0.2) is 14.1 Å². The zero-order valence-electron chi connectivity index (χ0n) is 16.4. The number of halogens is 1. The van der Waals surface area contributed by atoms with E-state index >= 15 is 0 Å². The fraction of sp³-hybridized carbons (Fsp3) is 0.318. The summed E-state index contributed by atoms with van der Waals surface area (Å²) in [7, 11) is 0. The molecule has 8 heteroatoms. The van der Waals surface area contributed by atoms with Crippen LogP contribution in [0.3, 0.4) is 0 Å². The highest BCUT2D eigenvalue weighted by Crippen LogP contribution is 2.28. The molecular formula is C22H23FN4O3. The van der Waals surface area contributed by atoms with Crippen LogP contribution in [0.4, 0.5) is 14.9 Å². The number of imide groups is 1. The van der Waals surface area contributed by atoms with Crippen LogP contribution in [0.5, 0.6) is 0 Å². The van der Waals surface area contributed by atoms with Gasteiger partial charge in [-0.2, -0.15) is 0 Å². The molecule has 2 heterocycles. The summed E-state index contributed by atoms with van der Waals surface area (Å²) >= 11 is 0. The summed E-state index contributed by atoms with van der Waals surface area (Å²) < 4.78 is 15.1. The van der Waals surface area contributed by atoms with Crippen molar-refractivity contribution in [1.29, 1.82) is 0 Å². The summed E-state index contributed by atoms with van der Waals surface area (Å²) in [4.78, 5) is 37.8. The van der Waals surface area contributed by atoms with E-state index < -0.39 is 30.2 Å². The monoisotopic (exact) mass is 410 g/mol. The normalized spacial score (nSPS) is 18.7. The number of hydrogen-bond donors (Lipinski definition) is 2. The van der Waals surface area contributed by atoms with Crippen LogP contribution in [0.2, 0.25) is 0 Å². The number of nitrogens with one attached hydrogen (secondary N) is 2. The molecule has 4 rings (SSSR count). The van der Waals surface area contributed by atoms with Crippen molar-refractivity contribution >= 4 is 29.6 Å². The molecule has 7 nitrogen and oxygen atoms in total. The number of rotatable bonds is 5. The minimum atomic E-state index is -0.646. The third-order valence-electron chi connectivity index (χ3n) is 5.44. The summed E-state index contributed by atoms with van der Waals surface area (Å²) in [5.41, 5.74) is 1.34. The molecule has 4 amide bonds. The van der Waals surface area contributed by atoms with Gasteiger partial charge < -0.3 is 15.2 Å². The predicted molar refractivity (Wildman–Crippen MR) is 110 cm³/mol. The standard InChI is InChI=1S/C22H23FN4O3/c23-16-6-8-17(9-7-16)24-20(28)14-27-21(29)19(25-22(27)30)12-15-10-11-26(13-15)18-4-2-1-3-5-18/h6-13,18H,1-5,14H2,(H,24,28)(H,25,30)/b19-12+. The highest BCUT2D eigenvalue weighted by molar-refractivity contribution is 6.15. The third kappa shape index (κ3) is 4.42. The van der Waals surface area contributed by atoms with Gasteiger partial charge in [-0.1, -0.05) is 19.3 Å². The molecule has 1 saturated heterocycles. The van der Waals surface area contributed by atoms with Crippen molar-refractivity contribution in [2.75, 3.05) is 11.9 Å². The molecule has 2 N–H and O–H groups in total. The number of amides is 4. The zero-order valence-corrected chi connectivity index (χ0v) is 16.4. The molecule has 0 atom stereocenters. The lowest BCUT2D eigenvalue weighted by Gasteiger charge is -2.23. The minimum absolute atomic E-state index is 0.135. The number of anilines is 1. The van der Waals surface area contributed by atoms with Crippen LogP contribution in [-0.2, 0) is 9.59 Å². The summed E-state index contributed by atoms with van der Waals surface area (Å²) in [5, 5.41) is 5.07. The molecule has 0 radical (unpaired) electrons. The van der Waals surface area contributed by atoms with Gasteiger partial charge in [-0.3, -0.25) is 9.59 Å². The van der Waals surface area contributed by atoms with Crippen molar-refractivity contribution in [2.45, 2.75) is 38.1 Å². The highest BCUT2D eigenvalue weighted by atomic mass is 19.1. The van der Waals surface area contributed by atoms with E-state index in [1.54, 1.807) is 6.08 Å². The largest absolute Gasteiger partial charge is 0.351 e. The minimum Gasteiger partial charge on any atom is -0.351 e. The van der Waals surface area contributed by atoms with Crippen LogP contribution in [-0.4, -0.2) is 33.9 Å². The summed E-state index contributed by atoms with van der Waals surface area (Å²) in [5.74, 6) is -1.52. The Kier molecular flexibility index (Phi) is 5.65. The Balaban J connectivity index is 1.40. The van der Waals surface area contributed by atoms with E-state index in [4.69, 9.17) is 0 Å². The van der Waals surface area contributed by atoms with Crippen LogP contribution in [0.15, 0.2) is 48.4 Å². The maximum Gasteiger partial charge on any atom is 0.329 e. The zero-order chi connectivity index (χ0) is 21.1. The number of carbonyl (C=O) groups excluding carboxylic acids is 3. The van der Waals surface area contributed by atoms with Gasteiger partial charge in [-0.05, 0) is 54.8 Å². The topological polar surface area (TPSA) is 83.4 Å². The quantitative estimate of drug-likeness (QED) is 0.583. The maximum atomic E-state index is 13.0. The van der Waals surface area contributed by atoms with Crippen molar-refractivity contribution < 1.29 is 18.8 Å². The van der Waals surface area contributed by atoms with Gasteiger partial charge in [0.05, 0.1) is 0 Å². The molecule has 156 valence electrons. The van der Waals surface area contributed by atoms with Crippen LogP contribution in [0.1, 0.15) is 43.7 Å². The summed E-state index contributed by atoms with van der Waals surface area (Å²) in [6, 6.07) is 6.97. The summed E-state index contributed by atoms with van der Waals surface area (Å²) in [6.45, 7) is -0.428. The molecule has 0 bridgehead atoms. The van der Waals surface area contributed by atoms with Crippen LogP contribution in [0, 0.1) is 5.82 Å². The average Bonchev–Trinajstić information content (AvgIpc) is 3.31. The van der Waals surface area contributed by atoms with E-state index in [2.05, 4.69) is 15.2 Å². The second kappa shape index (κ2) is 8.52. The molecule has 2 aromatic rings. The van der Waals surface area contributed by atoms with E-state index in [9.17, 15) is 18.8 Å². The lowest BCUT2D eigenvalue weighted by molar-refractivity contribution is -0.127. The SMILES string of the molecule is O=C(CN1C(=O)N/C(=C/c2ccn(C3CCCCC3)c2)C1=O)Nc1ccc(F)cc1. The fourth-order valence-electron chi connectivity index (χ4n) is 3.88. The van der Waals surface area contributed by atoms with Crippen molar-refractivity contribution in [2.24, 2.45) is 0 Å². The van der Waals surface area contributed by atoms with Gasteiger partial charge in [0.15, 0.2) is 0 Å². The van der Waals surface area contributed by atoms with Crippen molar-refractivity contribution in [1.82, 2.24) is 14.8 Å². The Hall–Kier alpha value is -3.42. The fourth-order valence-corrected chi connectivity index (χ4v) is 3.88. The Labute approximate surface area is 173 Å². The van der Waals surface area contributed by atoms with E-state index in [0.717, 1.165) is 23.3 Å². The van der Waals surface area contributed by atoms with Gasteiger partial charge in [-0.15, -0.1) is 0 Å². The molecule has 1 aromatic heterocycles. The lowest BCUT2D eigenvalue weighted by atomic mass is 9.95. The number of nitrogens with zero attached hydrogens (tertiary/aromatic N) is 2. The van der Waals surface area contributed by atoms with Crippen LogP contribution >= 0.6 is 0 Å². The summed E-state index contributed by atoms with van der Waals surface area (Å²) in [6.07, 6.45) is 11.6. The molecule has 1 saturated carbocycles. The van der Waals surface area contributed by atoms with Crippen LogP contribution < -0.4 is 10.6 Å². The maximum absolute atomic E-state index is 13.0. The van der Waals surface area contributed by atoms with E-state index in [-0.39, 0.29) is 5.70 Å². The van der Waals surface area contributed by atoms with Gasteiger partial charge in [0.25, 0.3) is 5.91 Å². The molecule has 2 fully saturated rings. The van der Waals surface area contributed by atoms with Gasteiger partial charge >= 0.3 is 6.03 Å². The third-order valence-corrected chi connectivity index (χ3v) is 5.44. The first kappa shape index (κ1) is 19.9. The molecule has 0 unspecified atom stereocenters. The first-order valence-electron chi connectivity index (χ1n) is 10.1. The number of benzene rings is 1. The van der Waals surface area contributed by atoms with Crippen molar-refractivity contribution in [3.05, 3.63) is 59.8 Å². The molecular weight excluding hydrogens is 387 g/mol. The Morgan fingerprint density at radius 2 is 1.87 bits per heavy atom. The van der Waals surface area contributed by atoms with Gasteiger partial charge in [0, 0.05) is 24.1 Å². The lowest BCUT2D eigenvalue weighted by Crippen LogP contribution is -2.38. The second-order valence-electron chi connectivity index (χ2n) is 7.62. The van der Waals surface area contributed by atoms with Crippen molar-refractivity contribution in [3.63, 3.8) is 0 Å². The van der Waals surface area contributed by atoms with E-state index in [0.29, 0.717) is 11.7 Å². The van der Waals surface area contributed by atoms with Crippen molar-refractivity contribution in [3.8, 4) is 0 Å². The van der Waals surface area contributed by atoms with Gasteiger partial charge in [0.1, 0.15) is 18.1 Å². The van der Waals surface area contributed by atoms with Crippen LogP contribution in [0.25, 0.3) is 6.08 Å². The molecule has 1 aliphatic heterocycles. The molecule has 30 heavy (non-hydrogen) atoms. The van der Waals surface area contributed by atoms with E-state index in [1.165, 1.54) is 43.5 Å². The number of hydrogen-bond acceptors (Lipinski definition) is 3. The average molecular weight is 410 g/mol. The van der Waals surface area contributed by atoms with Gasteiger partial charge in [0.2, 0.25) is 5.91 Å². The predicted octanol–water partition coefficient (Wildman–Crippen LogP) is 3.66. The Morgan fingerprint density at radius 3 is 2.60 bits per heavy atom. The Morgan fingerprint density at radius 1 is 1.13 bits per heavy atom. The first-order chi connectivity index (χ1) is 14.5. The molecule has 2 aliphatic rings. The highest BCUT2D eigenvalue weighted by Gasteiger charge is 2.35. The first-order valence-corrected chi connectivity index (χ1v) is 10.1. The number of carbonyl (C=O) groups is 3. The molecule has 1 aromatic carbocycles.